The number of rotatable bonds is 4. The number of thioether (sulfide) groups is 1. The Balaban J connectivity index is 1.38. The first kappa shape index (κ1) is 17.6. The number of carbonyl (C=O) groups is 1. The smallest absolute Gasteiger partial charge is 0.317 e. The average molecular weight is 354 g/mol. The third kappa shape index (κ3) is 3.87. The van der Waals surface area contributed by atoms with Gasteiger partial charge in [0, 0.05) is 51.4 Å². The van der Waals surface area contributed by atoms with Crippen LogP contribution in [0.1, 0.15) is 25.7 Å². The Bertz CT molecular complexity index is 557. The van der Waals surface area contributed by atoms with Crippen molar-refractivity contribution in [3.8, 4) is 0 Å². The van der Waals surface area contributed by atoms with Crippen molar-refractivity contribution in [2.75, 3.05) is 32.0 Å². The second-order valence-electron chi connectivity index (χ2n) is 6.46. The van der Waals surface area contributed by atoms with Crippen molar-refractivity contribution in [3.63, 3.8) is 0 Å². The summed E-state index contributed by atoms with van der Waals surface area (Å²) in [5.74, 6) is 0.788. The van der Waals surface area contributed by atoms with Crippen molar-refractivity contribution in [1.29, 1.82) is 0 Å². The minimum Gasteiger partial charge on any atom is -0.390 e. The molecule has 0 unspecified atom stereocenters. The number of amides is 2. The molecule has 2 fully saturated rings. The van der Waals surface area contributed by atoms with Crippen molar-refractivity contribution in [2.45, 2.75) is 42.5 Å². The Kier molecular flexibility index (Phi) is 5.68. The second kappa shape index (κ2) is 7.76. The number of ether oxygens (including phenoxy) is 1. The molecule has 3 rings (SSSR count). The van der Waals surface area contributed by atoms with Crippen LogP contribution in [0.15, 0.2) is 17.6 Å². The van der Waals surface area contributed by atoms with Crippen molar-refractivity contribution in [3.05, 3.63) is 12.4 Å². The molecule has 3 heterocycles. The average Bonchev–Trinajstić information content (AvgIpc) is 3.00. The highest BCUT2D eigenvalue weighted by Gasteiger charge is 2.44. The number of imidazole rings is 1. The zero-order chi connectivity index (χ0) is 17.0. The third-order valence-corrected chi connectivity index (χ3v) is 5.96. The molecule has 2 N–H and O–H groups in total. The molecule has 2 saturated heterocycles. The van der Waals surface area contributed by atoms with Gasteiger partial charge in [-0.05, 0) is 25.7 Å². The highest BCUT2D eigenvalue weighted by atomic mass is 32.2. The van der Waals surface area contributed by atoms with E-state index in [-0.39, 0.29) is 6.03 Å². The van der Waals surface area contributed by atoms with Crippen LogP contribution in [0.25, 0.3) is 0 Å². The van der Waals surface area contributed by atoms with E-state index in [0.717, 1.165) is 23.8 Å². The fraction of sp³-hybridized carbons (Fsp3) is 0.750. The van der Waals surface area contributed by atoms with E-state index in [1.807, 2.05) is 22.7 Å². The lowest BCUT2D eigenvalue weighted by Gasteiger charge is -2.46. The molecule has 1 aromatic heterocycles. The maximum Gasteiger partial charge on any atom is 0.317 e. The van der Waals surface area contributed by atoms with Crippen molar-refractivity contribution in [1.82, 2.24) is 19.8 Å². The van der Waals surface area contributed by atoms with Gasteiger partial charge in [-0.2, -0.15) is 0 Å². The molecule has 0 saturated carbocycles. The Hall–Kier alpha value is -1.25. The molecule has 0 aromatic carbocycles. The van der Waals surface area contributed by atoms with E-state index >= 15 is 0 Å². The number of aryl methyl sites for hydroxylation is 1. The van der Waals surface area contributed by atoms with E-state index in [1.165, 1.54) is 0 Å². The van der Waals surface area contributed by atoms with Crippen LogP contribution < -0.4 is 5.32 Å². The topological polar surface area (TPSA) is 79.6 Å². The second-order valence-corrected chi connectivity index (χ2v) is 7.52. The van der Waals surface area contributed by atoms with Crippen molar-refractivity contribution < 1.29 is 14.6 Å². The summed E-state index contributed by atoms with van der Waals surface area (Å²) >= 11 is 1.63. The summed E-state index contributed by atoms with van der Waals surface area (Å²) in [5.41, 5.74) is -0.427. The van der Waals surface area contributed by atoms with Gasteiger partial charge in [0.15, 0.2) is 5.16 Å². The van der Waals surface area contributed by atoms with E-state index in [0.29, 0.717) is 39.1 Å². The molecule has 2 aliphatic rings. The monoisotopic (exact) mass is 354 g/mol. The SMILES string of the molecule is Cn1ccnc1SCCNC(=O)N1CCC2(CC1)OCCC[C@H]2O. The van der Waals surface area contributed by atoms with Crippen LogP contribution in [0.2, 0.25) is 0 Å². The van der Waals surface area contributed by atoms with Crippen LogP contribution >= 0.6 is 11.8 Å². The summed E-state index contributed by atoms with van der Waals surface area (Å²) in [6, 6.07) is -0.0319. The summed E-state index contributed by atoms with van der Waals surface area (Å²) in [6.45, 7) is 2.59. The molecule has 2 aliphatic heterocycles. The van der Waals surface area contributed by atoms with E-state index < -0.39 is 11.7 Å². The fourth-order valence-electron chi connectivity index (χ4n) is 3.38. The third-order valence-electron chi connectivity index (χ3n) is 4.90. The Morgan fingerprint density at radius 2 is 2.33 bits per heavy atom. The summed E-state index contributed by atoms with van der Waals surface area (Å²) in [4.78, 5) is 18.3. The van der Waals surface area contributed by atoms with Gasteiger partial charge in [0.05, 0.1) is 11.7 Å². The Morgan fingerprint density at radius 1 is 1.54 bits per heavy atom. The van der Waals surface area contributed by atoms with E-state index in [1.54, 1.807) is 18.0 Å². The first-order chi connectivity index (χ1) is 11.6. The van der Waals surface area contributed by atoms with Gasteiger partial charge < -0.3 is 24.6 Å². The maximum atomic E-state index is 12.3. The molecule has 8 heteroatoms. The molecule has 2 amide bonds. The lowest BCUT2D eigenvalue weighted by molar-refractivity contribution is -0.173. The lowest BCUT2D eigenvalue weighted by atomic mass is 9.82. The zero-order valence-electron chi connectivity index (χ0n) is 14.1. The molecular weight excluding hydrogens is 328 g/mol. The van der Waals surface area contributed by atoms with Crippen molar-refractivity contribution >= 4 is 17.8 Å². The molecule has 134 valence electrons. The Morgan fingerprint density at radius 3 is 3.00 bits per heavy atom. The number of likely N-dealkylation sites (tertiary alicyclic amines) is 1. The summed E-state index contributed by atoms with van der Waals surface area (Å²) in [6.07, 6.45) is 6.42. The van der Waals surface area contributed by atoms with Gasteiger partial charge in [-0.3, -0.25) is 0 Å². The van der Waals surface area contributed by atoms with E-state index in [9.17, 15) is 9.90 Å². The first-order valence-electron chi connectivity index (χ1n) is 8.56. The zero-order valence-corrected chi connectivity index (χ0v) is 14.9. The number of hydrogen-bond donors (Lipinski definition) is 2. The minimum atomic E-state index is -0.427. The number of urea groups is 1. The van der Waals surface area contributed by atoms with Crippen LogP contribution in [0, 0.1) is 0 Å². The Labute approximate surface area is 146 Å². The number of piperidine rings is 1. The van der Waals surface area contributed by atoms with Crippen LogP contribution in [0.3, 0.4) is 0 Å². The molecular formula is C16H26N4O3S. The predicted molar refractivity (Wildman–Crippen MR) is 92.1 cm³/mol. The van der Waals surface area contributed by atoms with Gasteiger partial charge in [0.2, 0.25) is 0 Å². The highest BCUT2D eigenvalue weighted by molar-refractivity contribution is 7.99. The molecule has 24 heavy (non-hydrogen) atoms. The standard InChI is InChI=1S/C16H26N4O3S/c1-19-10-6-18-15(19)24-12-7-17-14(22)20-8-4-16(5-9-20)13(21)3-2-11-23-16/h6,10,13,21H,2-5,7-9,11-12H2,1H3,(H,17,22)/t13-/m1/s1. The molecule has 0 radical (unpaired) electrons. The molecule has 0 aliphatic carbocycles. The number of nitrogens with one attached hydrogen (secondary N) is 1. The largest absolute Gasteiger partial charge is 0.390 e. The summed E-state index contributed by atoms with van der Waals surface area (Å²) in [5, 5.41) is 14.2. The molecule has 0 bridgehead atoms. The minimum absolute atomic E-state index is 0.0319. The number of hydrogen-bond acceptors (Lipinski definition) is 5. The van der Waals surface area contributed by atoms with E-state index in [2.05, 4.69) is 10.3 Å². The molecule has 1 atom stereocenters. The first-order valence-corrected chi connectivity index (χ1v) is 9.54. The summed E-state index contributed by atoms with van der Waals surface area (Å²) in [7, 11) is 1.96. The van der Waals surface area contributed by atoms with Gasteiger partial charge in [-0.15, -0.1) is 0 Å². The molecule has 7 nitrogen and oxygen atoms in total. The number of nitrogens with zero attached hydrogens (tertiary/aromatic N) is 3. The molecule has 1 spiro atoms. The quantitative estimate of drug-likeness (QED) is 0.628. The van der Waals surface area contributed by atoms with Gasteiger partial charge in [0.25, 0.3) is 0 Å². The van der Waals surface area contributed by atoms with Crippen LogP contribution in [-0.4, -0.2) is 69.3 Å². The number of aliphatic hydroxyl groups is 1. The van der Waals surface area contributed by atoms with Crippen LogP contribution in [-0.2, 0) is 11.8 Å². The van der Waals surface area contributed by atoms with Gasteiger partial charge >= 0.3 is 6.03 Å². The lowest BCUT2D eigenvalue weighted by Crippen LogP contribution is -2.57. The number of carbonyl (C=O) groups excluding carboxylic acids is 1. The van der Waals surface area contributed by atoms with Crippen LogP contribution in [0.4, 0.5) is 4.79 Å². The number of aromatic nitrogens is 2. The number of aliphatic hydroxyl groups excluding tert-OH is 1. The van der Waals surface area contributed by atoms with Gasteiger partial charge in [0.1, 0.15) is 0 Å². The van der Waals surface area contributed by atoms with Crippen molar-refractivity contribution in [2.24, 2.45) is 7.05 Å². The van der Waals surface area contributed by atoms with Crippen LogP contribution in [0.5, 0.6) is 0 Å². The highest BCUT2D eigenvalue weighted by Crippen LogP contribution is 2.35. The normalized spacial score (nSPS) is 23.4. The maximum absolute atomic E-state index is 12.3. The molecule has 1 aromatic rings. The van der Waals surface area contributed by atoms with Gasteiger partial charge in [-0.25, -0.2) is 9.78 Å². The summed E-state index contributed by atoms with van der Waals surface area (Å²) < 4.78 is 7.84. The predicted octanol–water partition coefficient (Wildman–Crippen LogP) is 1.23. The van der Waals surface area contributed by atoms with Gasteiger partial charge in [-0.1, -0.05) is 11.8 Å². The fourth-order valence-corrected chi connectivity index (χ4v) is 4.17. The van der Waals surface area contributed by atoms with E-state index in [4.69, 9.17) is 4.74 Å².